The second-order valence-electron chi connectivity index (χ2n) is 4.91. The van der Waals surface area contributed by atoms with Crippen molar-refractivity contribution in [3.63, 3.8) is 0 Å². The molecule has 1 N–H and O–H groups in total. The van der Waals surface area contributed by atoms with E-state index in [1.807, 2.05) is 24.3 Å². The molecule has 0 atom stereocenters. The van der Waals surface area contributed by atoms with Crippen LogP contribution < -0.4 is 10.1 Å². The summed E-state index contributed by atoms with van der Waals surface area (Å²) in [5.41, 5.74) is 0. The fourth-order valence-electron chi connectivity index (χ4n) is 1.45. The average Bonchev–Trinajstić information content (AvgIpc) is 2.41. The van der Waals surface area contributed by atoms with E-state index in [9.17, 15) is 4.79 Å². The van der Waals surface area contributed by atoms with Crippen LogP contribution in [0.2, 0.25) is 0 Å². The topological polar surface area (TPSA) is 47.6 Å². The molecule has 1 aromatic rings. The van der Waals surface area contributed by atoms with Crippen LogP contribution in [-0.4, -0.2) is 32.3 Å². The molecule has 0 fully saturated rings. The first kappa shape index (κ1) is 17.0. The highest BCUT2D eigenvalue weighted by Gasteiger charge is 2.02. The van der Waals surface area contributed by atoms with Crippen LogP contribution in [0.15, 0.2) is 28.7 Å². The van der Waals surface area contributed by atoms with Crippen molar-refractivity contribution in [2.75, 3.05) is 26.4 Å². The summed E-state index contributed by atoms with van der Waals surface area (Å²) in [6.07, 6.45) is 0.816. The van der Waals surface area contributed by atoms with Gasteiger partial charge in [-0.1, -0.05) is 29.8 Å². The van der Waals surface area contributed by atoms with Gasteiger partial charge in [-0.25, -0.2) is 0 Å². The fourth-order valence-corrected chi connectivity index (χ4v) is 1.72. The number of carbonyl (C=O) groups is 1. The molecular weight excluding hydrogens is 322 g/mol. The highest BCUT2D eigenvalue weighted by atomic mass is 79.9. The number of nitrogens with one attached hydrogen (secondary N) is 1. The largest absolute Gasteiger partial charge is 0.484 e. The number of hydrogen-bond acceptors (Lipinski definition) is 3. The molecule has 0 saturated heterocycles. The SMILES string of the molecule is CC(C)COCCCNC(=O)COc1ccc(Br)cc1. The first-order valence-electron chi connectivity index (χ1n) is 6.80. The lowest BCUT2D eigenvalue weighted by molar-refractivity contribution is -0.123. The number of hydrogen-bond donors (Lipinski definition) is 1. The van der Waals surface area contributed by atoms with Crippen LogP contribution in [0.25, 0.3) is 0 Å². The zero-order valence-corrected chi connectivity index (χ0v) is 13.6. The van der Waals surface area contributed by atoms with E-state index in [1.54, 1.807) is 0 Å². The molecule has 1 amide bonds. The van der Waals surface area contributed by atoms with E-state index in [-0.39, 0.29) is 12.5 Å². The number of halogens is 1. The zero-order chi connectivity index (χ0) is 14.8. The summed E-state index contributed by atoms with van der Waals surface area (Å²) >= 11 is 3.34. The highest BCUT2D eigenvalue weighted by Crippen LogP contribution is 2.15. The Hall–Kier alpha value is -1.07. The molecule has 0 bridgehead atoms. The molecule has 0 unspecified atom stereocenters. The molecular formula is C15H22BrNO3. The van der Waals surface area contributed by atoms with Crippen LogP contribution in [0.1, 0.15) is 20.3 Å². The molecule has 1 aromatic carbocycles. The van der Waals surface area contributed by atoms with E-state index in [1.165, 1.54) is 0 Å². The first-order valence-corrected chi connectivity index (χ1v) is 7.60. The predicted octanol–water partition coefficient (Wildman–Crippen LogP) is 3.01. The Morgan fingerprint density at radius 2 is 2.00 bits per heavy atom. The lowest BCUT2D eigenvalue weighted by atomic mass is 10.2. The maximum absolute atomic E-state index is 11.5. The minimum atomic E-state index is -0.114. The van der Waals surface area contributed by atoms with Crippen LogP contribution in [0, 0.1) is 5.92 Å². The molecule has 0 heterocycles. The summed E-state index contributed by atoms with van der Waals surface area (Å²) in [5.74, 6) is 1.12. The van der Waals surface area contributed by atoms with Gasteiger partial charge in [0.1, 0.15) is 5.75 Å². The predicted molar refractivity (Wildman–Crippen MR) is 82.9 cm³/mol. The van der Waals surface area contributed by atoms with Gasteiger partial charge in [0.25, 0.3) is 5.91 Å². The van der Waals surface area contributed by atoms with Crippen LogP contribution >= 0.6 is 15.9 Å². The van der Waals surface area contributed by atoms with Gasteiger partial charge in [-0.05, 0) is 36.6 Å². The molecule has 0 saturated carbocycles. The van der Waals surface area contributed by atoms with E-state index < -0.39 is 0 Å². The van der Waals surface area contributed by atoms with E-state index in [4.69, 9.17) is 9.47 Å². The normalized spacial score (nSPS) is 10.6. The molecule has 0 aliphatic rings. The number of rotatable bonds is 9. The van der Waals surface area contributed by atoms with Crippen LogP contribution in [0.5, 0.6) is 5.75 Å². The van der Waals surface area contributed by atoms with Gasteiger partial charge in [-0.3, -0.25) is 4.79 Å². The summed E-state index contributed by atoms with van der Waals surface area (Å²) in [6.45, 7) is 6.31. The molecule has 5 heteroatoms. The lowest BCUT2D eigenvalue weighted by Gasteiger charge is -2.09. The van der Waals surface area contributed by atoms with Gasteiger partial charge < -0.3 is 14.8 Å². The molecule has 112 valence electrons. The standard InChI is InChI=1S/C15H22BrNO3/c1-12(2)10-19-9-3-8-17-15(18)11-20-14-6-4-13(16)5-7-14/h4-7,12H,3,8-11H2,1-2H3,(H,17,18). The second-order valence-corrected chi connectivity index (χ2v) is 5.83. The maximum Gasteiger partial charge on any atom is 0.257 e. The van der Waals surface area contributed by atoms with Crippen LogP contribution in [-0.2, 0) is 9.53 Å². The van der Waals surface area contributed by atoms with Crippen molar-refractivity contribution in [3.05, 3.63) is 28.7 Å². The smallest absolute Gasteiger partial charge is 0.257 e. The number of benzene rings is 1. The average molecular weight is 344 g/mol. The summed E-state index contributed by atoms with van der Waals surface area (Å²) in [7, 11) is 0. The molecule has 20 heavy (non-hydrogen) atoms. The van der Waals surface area contributed by atoms with Crippen molar-refractivity contribution in [1.29, 1.82) is 0 Å². The van der Waals surface area contributed by atoms with Crippen LogP contribution in [0.3, 0.4) is 0 Å². The zero-order valence-electron chi connectivity index (χ0n) is 12.0. The van der Waals surface area contributed by atoms with Crippen molar-refractivity contribution in [2.24, 2.45) is 5.92 Å². The van der Waals surface area contributed by atoms with E-state index in [0.29, 0.717) is 24.8 Å². The Bertz CT molecular complexity index is 393. The van der Waals surface area contributed by atoms with Gasteiger partial charge in [0, 0.05) is 24.2 Å². The van der Waals surface area contributed by atoms with Gasteiger partial charge in [0.15, 0.2) is 6.61 Å². The summed E-state index contributed by atoms with van der Waals surface area (Å²) in [6, 6.07) is 7.38. The summed E-state index contributed by atoms with van der Waals surface area (Å²) in [4.78, 5) is 11.5. The van der Waals surface area contributed by atoms with E-state index in [2.05, 4.69) is 35.1 Å². The van der Waals surface area contributed by atoms with Gasteiger partial charge in [0.2, 0.25) is 0 Å². The molecule has 0 spiro atoms. The van der Waals surface area contributed by atoms with Gasteiger partial charge in [0.05, 0.1) is 0 Å². The molecule has 0 radical (unpaired) electrons. The summed E-state index contributed by atoms with van der Waals surface area (Å²) in [5, 5.41) is 2.80. The number of amides is 1. The Morgan fingerprint density at radius 1 is 1.30 bits per heavy atom. The van der Waals surface area contributed by atoms with E-state index in [0.717, 1.165) is 17.5 Å². The van der Waals surface area contributed by atoms with E-state index >= 15 is 0 Å². The Morgan fingerprint density at radius 3 is 2.65 bits per heavy atom. The third-order valence-electron chi connectivity index (χ3n) is 2.42. The monoisotopic (exact) mass is 343 g/mol. The molecule has 0 aliphatic heterocycles. The van der Waals surface area contributed by atoms with Crippen molar-refractivity contribution in [1.82, 2.24) is 5.32 Å². The molecule has 4 nitrogen and oxygen atoms in total. The maximum atomic E-state index is 11.5. The number of ether oxygens (including phenoxy) is 2. The van der Waals surface area contributed by atoms with Crippen molar-refractivity contribution >= 4 is 21.8 Å². The molecule has 1 rings (SSSR count). The molecule has 0 aliphatic carbocycles. The quantitative estimate of drug-likeness (QED) is 0.701. The van der Waals surface area contributed by atoms with Crippen molar-refractivity contribution in [3.8, 4) is 5.75 Å². The third-order valence-corrected chi connectivity index (χ3v) is 2.95. The Balaban J connectivity index is 2.04. The lowest BCUT2D eigenvalue weighted by Crippen LogP contribution is -2.30. The first-order chi connectivity index (χ1) is 9.58. The third kappa shape index (κ3) is 8.17. The van der Waals surface area contributed by atoms with Gasteiger partial charge >= 0.3 is 0 Å². The highest BCUT2D eigenvalue weighted by molar-refractivity contribution is 9.10. The van der Waals surface area contributed by atoms with Gasteiger partial charge in [-0.15, -0.1) is 0 Å². The minimum Gasteiger partial charge on any atom is -0.484 e. The summed E-state index contributed by atoms with van der Waals surface area (Å²) < 4.78 is 11.8. The van der Waals surface area contributed by atoms with Gasteiger partial charge in [-0.2, -0.15) is 0 Å². The van der Waals surface area contributed by atoms with Crippen molar-refractivity contribution in [2.45, 2.75) is 20.3 Å². The minimum absolute atomic E-state index is 0.0362. The Labute approximate surface area is 129 Å². The second kappa shape index (κ2) is 9.77. The fraction of sp³-hybridized carbons (Fsp3) is 0.533. The van der Waals surface area contributed by atoms with Crippen molar-refractivity contribution < 1.29 is 14.3 Å². The number of carbonyl (C=O) groups excluding carboxylic acids is 1. The Kier molecular flexibility index (Phi) is 8.30. The van der Waals surface area contributed by atoms with Crippen LogP contribution in [0.4, 0.5) is 0 Å². The molecule has 0 aromatic heterocycles.